The Bertz CT molecular complexity index is 510. The van der Waals surface area contributed by atoms with Crippen molar-refractivity contribution >= 4 is 11.9 Å². The summed E-state index contributed by atoms with van der Waals surface area (Å²) in [6.45, 7) is 3.27. The lowest BCUT2D eigenvalue weighted by Crippen LogP contribution is -2.07. The number of hydrogen-bond donors (Lipinski definition) is 0. The van der Waals surface area contributed by atoms with Gasteiger partial charge in [-0.1, -0.05) is 32.6 Å². The van der Waals surface area contributed by atoms with Gasteiger partial charge in [-0.15, -0.1) is 0 Å². The van der Waals surface area contributed by atoms with Gasteiger partial charge in [0, 0.05) is 6.42 Å². The second-order valence-corrected chi connectivity index (χ2v) is 6.31. The molecule has 26 heavy (non-hydrogen) atoms. The summed E-state index contributed by atoms with van der Waals surface area (Å²) in [4.78, 5) is 22.9. The molecule has 0 heterocycles. The minimum Gasteiger partial charge on any atom is -0.494 e. The highest BCUT2D eigenvalue weighted by Crippen LogP contribution is 2.14. The molecule has 0 atom stereocenters. The van der Waals surface area contributed by atoms with E-state index in [9.17, 15) is 9.59 Å². The lowest BCUT2D eigenvalue weighted by molar-refractivity contribution is -0.140. The third-order valence-corrected chi connectivity index (χ3v) is 4.09. The molecule has 0 unspecified atom stereocenters. The predicted molar refractivity (Wildman–Crippen MR) is 101 cm³/mol. The summed E-state index contributed by atoms with van der Waals surface area (Å²) in [5, 5.41) is 0. The molecule has 0 bridgehead atoms. The second kappa shape index (κ2) is 14.2. The first-order chi connectivity index (χ1) is 12.7. The molecular weight excluding hydrogens is 332 g/mol. The fourth-order valence-electron chi connectivity index (χ4n) is 2.48. The van der Waals surface area contributed by atoms with E-state index in [2.05, 4.69) is 11.7 Å². The van der Waals surface area contributed by atoms with Gasteiger partial charge in [0.25, 0.3) is 0 Å². The van der Waals surface area contributed by atoms with Gasteiger partial charge in [0.1, 0.15) is 5.75 Å². The van der Waals surface area contributed by atoms with Crippen molar-refractivity contribution in [3.8, 4) is 5.75 Å². The van der Waals surface area contributed by atoms with Crippen LogP contribution in [0, 0.1) is 0 Å². The monoisotopic (exact) mass is 364 g/mol. The van der Waals surface area contributed by atoms with E-state index < -0.39 is 0 Å². The predicted octanol–water partition coefficient (Wildman–Crippen LogP) is 4.93. The van der Waals surface area contributed by atoms with Crippen molar-refractivity contribution in [3.05, 3.63) is 29.8 Å². The van der Waals surface area contributed by atoms with Crippen molar-refractivity contribution in [2.45, 2.75) is 64.7 Å². The molecule has 0 amide bonds. The van der Waals surface area contributed by atoms with Crippen molar-refractivity contribution in [3.63, 3.8) is 0 Å². The molecule has 0 N–H and O–H groups in total. The van der Waals surface area contributed by atoms with Gasteiger partial charge in [-0.05, 0) is 49.9 Å². The Morgan fingerprint density at radius 1 is 0.846 bits per heavy atom. The van der Waals surface area contributed by atoms with Crippen molar-refractivity contribution in [2.24, 2.45) is 0 Å². The first-order valence-electron chi connectivity index (χ1n) is 9.64. The minimum absolute atomic E-state index is 0.203. The molecule has 0 saturated carbocycles. The number of esters is 2. The third-order valence-electron chi connectivity index (χ3n) is 4.09. The van der Waals surface area contributed by atoms with Crippen LogP contribution in [0.2, 0.25) is 0 Å². The zero-order valence-electron chi connectivity index (χ0n) is 16.1. The Morgan fingerprint density at radius 2 is 1.50 bits per heavy atom. The molecule has 0 saturated heterocycles. The number of carbonyl (C=O) groups is 2. The highest BCUT2D eigenvalue weighted by molar-refractivity contribution is 5.89. The quantitative estimate of drug-likeness (QED) is 0.346. The van der Waals surface area contributed by atoms with Gasteiger partial charge < -0.3 is 14.2 Å². The number of methoxy groups -OCH3 is 1. The van der Waals surface area contributed by atoms with Crippen LogP contribution in [0.3, 0.4) is 0 Å². The summed E-state index contributed by atoms with van der Waals surface area (Å²) in [5.74, 6) is 0.245. The normalized spacial score (nSPS) is 10.4. The number of benzene rings is 1. The standard InChI is InChI=1S/C21H32O5/c1-3-4-5-6-9-16-25-19-14-12-18(13-15-19)21(23)26-17-10-7-8-11-20(22)24-2/h12-15H,3-11,16-17H2,1-2H3. The maximum atomic E-state index is 12.0. The van der Waals surface area contributed by atoms with E-state index in [0.717, 1.165) is 31.4 Å². The molecule has 0 spiro atoms. The number of unbranched alkanes of at least 4 members (excludes halogenated alkanes) is 6. The Hall–Kier alpha value is -2.04. The summed E-state index contributed by atoms with van der Waals surface area (Å²) in [7, 11) is 1.38. The van der Waals surface area contributed by atoms with E-state index in [1.165, 1.54) is 32.8 Å². The van der Waals surface area contributed by atoms with Crippen LogP contribution in [0.4, 0.5) is 0 Å². The summed E-state index contributed by atoms with van der Waals surface area (Å²) >= 11 is 0. The largest absolute Gasteiger partial charge is 0.494 e. The highest BCUT2D eigenvalue weighted by atomic mass is 16.5. The molecule has 0 aromatic heterocycles. The first-order valence-corrected chi connectivity index (χ1v) is 9.64. The molecule has 0 aliphatic carbocycles. The van der Waals surface area contributed by atoms with E-state index in [1.807, 2.05) is 0 Å². The topological polar surface area (TPSA) is 61.8 Å². The molecule has 1 aromatic rings. The van der Waals surface area contributed by atoms with Gasteiger partial charge in [-0.3, -0.25) is 4.79 Å². The summed E-state index contributed by atoms with van der Waals surface area (Å²) in [5.41, 5.74) is 0.523. The van der Waals surface area contributed by atoms with Crippen LogP contribution in [0.1, 0.15) is 75.1 Å². The number of hydrogen-bond acceptors (Lipinski definition) is 5. The van der Waals surface area contributed by atoms with Crippen LogP contribution in [0.5, 0.6) is 5.75 Å². The molecule has 0 aliphatic heterocycles. The Morgan fingerprint density at radius 3 is 2.19 bits per heavy atom. The number of rotatable bonds is 14. The molecule has 0 aliphatic rings. The molecule has 0 fully saturated rings. The van der Waals surface area contributed by atoms with Crippen molar-refractivity contribution < 1.29 is 23.8 Å². The maximum Gasteiger partial charge on any atom is 0.338 e. The van der Waals surface area contributed by atoms with Crippen LogP contribution < -0.4 is 4.74 Å². The average Bonchev–Trinajstić information content (AvgIpc) is 2.67. The number of carbonyl (C=O) groups excluding carboxylic acids is 2. The van der Waals surface area contributed by atoms with Crippen molar-refractivity contribution in [1.82, 2.24) is 0 Å². The highest BCUT2D eigenvalue weighted by Gasteiger charge is 2.07. The van der Waals surface area contributed by atoms with Crippen LogP contribution in [-0.4, -0.2) is 32.3 Å². The third kappa shape index (κ3) is 10.1. The maximum absolute atomic E-state index is 12.0. The van der Waals surface area contributed by atoms with E-state index >= 15 is 0 Å². The van der Waals surface area contributed by atoms with Gasteiger partial charge >= 0.3 is 11.9 Å². The average molecular weight is 364 g/mol. The van der Waals surface area contributed by atoms with Gasteiger partial charge in [-0.25, -0.2) is 4.79 Å². The lowest BCUT2D eigenvalue weighted by Gasteiger charge is -2.08. The molecule has 146 valence electrons. The van der Waals surface area contributed by atoms with E-state index in [0.29, 0.717) is 25.2 Å². The van der Waals surface area contributed by atoms with E-state index in [4.69, 9.17) is 9.47 Å². The molecule has 0 radical (unpaired) electrons. The van der Waals surface area contributed by atoms with Crippen molar-refractivity contribution in [2.75, 3.05) is 20.3 Å². The molecule has 5 nitrogen and oxygen atoms in total. The van der Waals surface area contributed by atoms with Crippen molar-refractivity contribution in [1.29, 1.82) is 0 Å². The Kier molecular flexibility index (Phi) is 12.0. The van der Waals surface area contributed by atoms with Gasteiger partial charge in [0.15, 0.2) is 0 Å². The molecular formula is C21H32O5. The lowest BCUT2D eigenvalue weighted by atomic mass is 10.2. The first kappa shape index (κ1) is 22.0. The van der Waals surface area contributed by atoms with Gasteiger partial charge in [0.2, 0.25) is 0 Å². The SMILES string of the molecule is CCCCCCCOc1ccc(C(=O)OCCCCCC(=O)OC)cc1. The smallest absolute Gasteiger partial charge is 0.338 e. The Balaban J connectivity index is 2.15. The molecule has 5 heteroatoms. The van der Waals surface area contributed by atoms with E-state index in [-0.39, 0.29) is 11.9 Å². The minimum atomic E-state index is -0.330. The summed E-state index contributed by atoms with van der Waals surface area (Å²) in [6.07, 6.45) is 8.74. The summed E-state index contributed by atoms with van der Waals surface area (Å²) in [6, 6.07) is 7.07. The number of ether oxygens (including phenoxy) is 3. The van der Waals surface area contributed by atoms with Crippen LogP contribution in [0.25, 0.3) is 0 Å². The molecule has 1 rings (SSSR count). The van der Waals surface area contributed by atoms with Gasteiger partial charge in [0.05, 0.1) is 25.9 Å². The Labute approximate surface area is 157 Å². The van der Waals surface area contributed by atoms with Crippen LogP contribution in [-0.2, 0) is 14.3 Å². The zero-order valence-corrected chi connectivity index (χ0v) is 16.1. The van der Waals surface area contributed by atoms with E-state index in [1.54, 1.807) is 24.3 Å². The fourth-order valence-corrected chi connectivity index (χ4v) is 2.48. The molecule has 1 aromatic carbocycles. The van der Waals surface area contributed by atoms with Crippen LogP contribution >= 0.6 is 0 Å². The second-order valence-electron chi connectivity index (χ2n) is 6.31. The van der Waals surface area contributed by atoms with Crippen LogP contribution in [0.15, 0.2) is 24.3 Å². The fraction of sp³-hybridized carbons (Fsp3) is 0.619. The summed E-state index contributed by atoms with van der Waals surface area (Å²) < 4.78 is 15.5. The van der Waals surface area contributed by atoms with Gasteiger partial charge in [-0.2, -0.15) is 0 Å². The zero-order chi connectivity index (χ0) is 19.0.